The molecule has 1 atom stereocenters. The van der Waals surface area contributed by atoms with Gasteiger partial charge in [0.2, 0.25) is 0 Å². The van der Waals surface area contributed by atoms with Crippen LogP contribution in [0.3, 0.4) is 0 Å². The summed E-state index contributed by atoms with van der Waals surface area (Å²) >= 11 is 0. The maximum Gasteiger partial charge on any atom is 0.311 e. The molecule has 7 nitrogen and oxygen atoms in total. The van der Waals surface area contributed by atoms with Gasteiger partial charge in [-0.25, -0.2) is 0 Å². The van der Waals surface area contributed by atoms with Gasteiger partial charge in [0.15, 0.2) is 6.10 Å². The summed E-state index contributed by atoms with van der Waals surface area (Å²) in [6.07, 6.45) is 3.58. The molecule has 1 amide bonds. The second-order valence-corrected chi connectivity index (χ2v) is 7.53. The zero-order valence-corrected chi connectivity index (χ0v) is 17.2. The number of nitrogens with zero attached hydrogens (tertiary/aromatic N) is 1. The third-order valence-electron chi connectivity index (χ3n) is 5.22. The van der Waals surface area contributed by atoms with Crippen molar-refractivity contribution in [2.24, 2.45) is 0 Å². The van der Waals surface area contributed by atoms with Gasteiger partial charge in [0.05, 0.1) is 17.7 Å². The number of ether oxygens (including phenoxy) is 2. The van der Waals surface area contributed by atoms with Crippen molar-refractivity contribution in [3.05, 3.63) is 46.8 Å². The highest BCUT2D eigenvalue weighted by molar-refractivity contribution is 5.84. The Balaban J connectivity index is 1.44. The molecule has 1 aliphatic rings. The molecule has 0 saturated heterocycles. The molecule has 1 N–H and O–H groups in total. The van der Waals surface area contributed by atoms with Gasteiger partial charge in [-0.3, -0.25) is 9.59 Å². The molecule has 1 aliphatic carbocycles. The van der Waals surface area contributed by atoms with E-state index in [1.165, 1.54) is 0 Å². The van der Waals surface area contributed by atoms with Crippen molar-refractivity contribution in [3.63, 3.8) is 0 Å². The van der Waals surface area contributed by atoms with Gasteiger partial charge >= 0.3 is 5.97 Å². The highest BCUT2D eigenvalue weighted by atomic mass is 16.5. The number of carbonyl (C=O) groups is 2. The van der Waals surface area contributed by atoms with E-state index in [1.54, 1.807) is 19.1 Å². The minimum atomic E-state index is -0.791. The van der Waals surface area contributed by atoms with Crippen LogP contribution >= 0.6 is 0 Å². The first-order valence-electron chi connectivity index (χ1n) is 10.1. The Labute approximate surface area is 170 Å². The number of rotatable bonds is 8. The third-order valence-corrected chi connectivity index (χ3v) is 5.22. The first kappa shape index (κ1) is 20.9. The predicted molar refractivity (Wildman–Crippen MR) is 106 cm³/mol. The van der Waals surface area contributed by atoms with Gasteiger partial charge in [-0.05, 0) is 51.3 Å². The zero-order chi connectivity index (χ0) is 20.8. The largest absolute Gasteiger partial charge is 0.489 e. The van der Waals surface area contributed by atoms with Crippen LogP contribution in [0.2, 0.25) is 0 Å². The molecule has 1 fully saturated rings. The lowest BCUT2D eigenvalue weighted by Crippen LogP contribution is -2.41. The molecule has 0 aliphatic heterocycles. The van der Waals surface area contributed by atoms with E-state index in [2.05, 4.69) is 10.5 Å². The van der Waals surface area contributed by atoms with Crippen LogP contribution in [-0.2, 0) is 27.4 Å². The van der Waals surface area contributed by atoms with Crippen LogP contribution in [0.1, 0.15) is 55.2 Å². The minimum absolute atomic E-state index is 0.102. The van der Waals surface area contributed by atoms with E-state index in [4.69, 9.17) is 14.0 Å². The van der Waals surface area contributed by atoms with Gasteiger partial charge in [0.1, 0.15) is 18.1 Å². The van der Waals surface area contributed by atoms with Crippen molar-refractivity contribution in [1.29, 1.82) is 0 Å². The van der Waals surface area contributed by atoms with E-state index in [1.807, 2.05) is 26.0 Å². The molecule has 0 unspecified atom stereocenters. The molecule has 3 rings (SSSR count). The standard InChI is InChI=1S/C22H28N2O5/c1-14-20(15(2)29-24-14)13-27-19-10-8-17(9-11-19)12-21(25)28-16(3)22(26)23-18-6-4-5-7-18/h8-11,16,18H,4-7,12-13H2,1-3H3,(H,23,26)/t16-/m1/s1. The van der Waals surface area contributed by atoms with E-state index < -0.39 is 12.1 Å². The molecule has 1 saturated carbocycles. The number of carbonyl (C=O) groups excluding carboxylic acids is 2. The van der Waals surface area contributed by atoms with Crippen LogP contribution in [0, 0.1) is 13.8 Å². The van der Waals surface area contributed by atoms with Gasteiger partial charge in [-0.1, -0.05) is 30.1 Å². The molecular weight excluding hydrogens is 372 g/mol. The van der Waals surface area contributed by atoms with Gasteiger partial charge in [0, 0.05) is 6.04 Å². The number of hydrogen-bond donors (Lipinski definition) is 1. The van der Waals surface area contributed by atoms with E-state index in [-0.39, 0.29) is 18.4 Å². The smallest absolute Gasteiger partial charge is 0.311 e. The van der Waals surface area contributed by atoms with Gasteiger partial charge < -0.3 is 19.3 Å². The Hall–Kier alpha value is -2.83. The summed E-state index contributed by atoms with van der Waals surface area (Å²) in [5.41, 5.74) is 2.54. The molecule has 1 aromatic carbocycles. The molecule has 2 aromatic rings. The average Bonchev–Trinajstić information content (AvgIpc) is 3.31. The van der Waals surface area contributed by atoms with E-state index in [9.17, 15) is 9.59 Å². The fraction of sp³-hybridized carbons (Fsp3) is 0.500. The monoisotopic (exact) mass is 400 g/mol. The van der Waals surface area contributed by atoms with Gasteiger partial charge in [-0.2, -0.15) is 0 Å². The lowest BCUT2D eigenvalue weighted by Gasteiger charge is -2.17. The number of hydrogen-bond acceptors (Lipinski definition) is 6. The summed E-state index contributed by atoms with van der Waals surface area (Å²) < 4.78 is 16.2. The summed E-state index contributed by atoms with van der Waals surface area (Å²) in [5, 5.41) is 6.85. The number of nitrogens with one attached hydrogen (secondary N) is 1. The number of aryl methyl sites for hydroxylation is 2. The van der Waals surface area contributed by atoms with Crippen molar-refractivity contribution in [2.45, 2.75) is 71.6 Å². The van der Waals surface area contributed by atoms with E-state index in [0.717, 1.165) is 48.3 Å². The molecule has 0 radical (unpaired) electrons. The van der Waals surface area contributed by atoms with Gasteiger partial charge in [0.25, 0.3) is 5.91 Å². The highest BCUT2D eigenvalue weighted by Gasteiger charge is 2.23. The van der Waals surface area contributed by atoms with Crippen LogP contribution in [0.15, 0.2) is 28.8 Å². The van der Waals surface area contributed by atoms with Crippen molar-refractivity contribution < 1.29 is 23.6 Å². The zero-order valence-electron chi connectivity index (χ0n) is 17.2. The summed E-state index contributed by atoms with van der Waals surface area (Å²) in [4.78, 5) is 24.3. The third kappa shape index (κ3) is 5.82. The highest BCUT2D eigenvalue weighted by Crippen LogP contribution is 2.19. The van der Waals surface area contributed by atoms with Crippen LogP contribution in [-0.4, -0.2) is 29.2 Å². The molecule has 7 heteroatoms. The second kappa shape index (κ2) is 9.58. The number of amides is 1. The Morgan fingerprint density at radius 3 is 2.52 bits per heavy atom. The Morgan fingerprint density at radius 1 is 1.21 bits per heavy atom. The maximum atomic E-state index is 12.2. The normalized spacial score (nSPS) is 15.1. The van der Waals surface area contributed by atoms with E-state index >= 15 is 0 Å². The quantitative estimate of drug-likeness (QED) is 0.683. The fourth-order valence-electron chi connectivity index (χ4n) is 3.41. The van der Waals surface area contributed by atoms with Crippen LogP contribution in [0.4, 0.5) is 0 Å². The number of aromatic nitrogens is 1. The second-order valence-electron chi connectivity index (χ2n) is 7.53. The lowest BCUT2D eigenvalue weighted by molar-refractivity contribution is -0.154. The molecule has 1 heterocycles. The van der Waals surface area contributed by atoms with Crippen molar-refractivity contribution in [1.82, 2.24) is 10.5 Å². The number of esters is 1. The topological polar surface area (TPSA) is 90.7 Å². The lowest BCUT2D eigenvalue weighted by atomic mass is 10.1. The fourth-order valence-corrected chi connectivity index (χ4v) is 3.41. The van der Waals surface area contributed by atoms with E-state index in [0.29, 0.717) is 12.4 Å². The van der Waals surface area contributed by atoms with Crippen molar-refractivity contribution >= 4 is 11.9 Å². The maximum absolute atomic E-state index is 12.2. The average molecular weight is 400 g/mol. The van der Waals surface area contributed by atoms with Crippen LogP contribution in [0.5, 0.6) is 5.75 Å². The molecule has 29 heavy (non-hydrogen) atoms. The van der Waals surface area contributed by atoms with Crippen molar-refractivity contribution in [2.75, 3.05) is 0 Å². The summed E-state index contributed by atoms with van der Waals surface area (Å²) in [7, 11) is 0. The first-order chi connectivity index (χ1) is 13.9. The van der Waals surface area contributed by atoms with Crippen molar-refractivity contribution in [3.8, 4) is 5.75 Å². The first-order valence-corrected chi connectivity index (χ1v) is 10.1. The van der Waals surface area contributed by atoms with Crippen LogP contribution in [0.25, 0.3) is 0 Å². The Bertz CT molecular complexity index is 818. The molecule has 0 bridgehead atoms. The predicted octanol–water partition coefficient (Wildman–Crippen LogP) is 3.40. The number of benzene rings is 1. The summed E-state index contributed by atoms with van der Waals surface area (Å²) in [6.45, 7) is 5.70. The molecule has 156 valence electrons. The minimum Gasteiger partial charge on any atom is -0.489 e. The Kier molecular flexibility index (Phi) is 6.90. The molecular formula is C22H28N2O5. The Morgan fingerprint density at radius 2 is 1.90 bits per heavy atom. The summed E-state index contributed by atoms with van der Waals surface area (Å²) in [6, 6.07) is 7.44. The van der Waals surface area contributed by atoms with Gasteiger partial charge in [-0.15, -0.1) is 0 Å². The molecule has 0 spiro atoms. The molecule has 1 aromatic heterocycles. The summed E-state index contributed by atoms with van der Waals surface area (Å²) in [5.74, 6) is 0.774. The SMILES string of the molecule is Cc1noc(C)c1COc1ccc(CC(=O)O[C@H](C)C(=O)NC2CCCC2)cc1. The van der Waals surface area contributed by atoms with Crippen LogP contribution < -0.4 is 10.1 Å².